The fourth-order valence-electron chi connectivity index (χ4n) is 2.79. The van der Waals surface area contributed by atoms with E-state index in [2.05, 4.69) is 0 Å². The highest BCUT2D eigenvalue weighted by atomic mass is 19.1. The van der Waals surface area contributed by atoms with Gasteiger partial charge in [0.15, 0.2) is 11.6 Å². The van der Waals surface area contributed by atoms with Gasteiger partial charge in [-0.15, -0.1) is 0 Å². The fraction of sp³-hybridized carbons (Fsp3) is 0.158. The zero-order valence-corrected chi connectivity index (χ0v) is 13.8. The van der Waals surface area contributed by atoms with E-state index < -0.39 is 28.6 Å². The maximum atomic E-state index is 14.1. The molecule has 0 bridgehead atoms. The van der Waals surface area contributed by atoms with Crippen LogP contribution in [0.1, 0.15) is 22.8 Å². The quantitative estimate of drug-likeness (QED) is 0.758. The second-order valence-electron chi connectivity index (χ2n) is 5.64. The Labute approximate surface area is 147 Å². The van der Waals surface area contributed by atoms with Gasteiger partial charge >= 0.3 is 5.97 Å². The summed E-state index contributed by atoms with van der Waals surface area (Å²) in [5, 5.41) is 8.93. The first kappa shape index (κ1) is 17.6. The van der Waals surface area contributed by atoms with Crippen molar-refractivity contribution in [1.29, 1.82) is 0 Å². The molecule has 3 aromatic rings. The lowest BCUT2D eigenvalue weighted by atomic mass is 10.1. The molecule has 26 heavy (non-hydrogen) atoms. The molecule has 5 nitrogen and oxygen atoms in total. The summed E-state index contributed by atoms with van der Waals surface area (Å²) >= 11 is 0. The molecule has 7 heteroatoms. The molecule has 0 spiro atoms. The SMILES string of the molecule is CCOc1ccc(Cn2cc(C(=O)O)c(=O)c3c(F)cccc32)cc1F. The van der Waals surface area contributed by atoms with Crippen molar-refractivity contribution in [2.75, 3.05) is 6.61 Å². The Kier molecular flexibility index (Phi) is 4.71. The van der Waals surface area contributed by atoms with Crippen LogP contribution in [0.25, 0.3) is 10.9 Å². The minimum Gasteiger partial charge on any atom is -0.491 e. The third-order valence-electron chi connectivity index (χ3n) is 3.94. The van der Waals surface area contributed by atoms with Crippen LogP contribution in [0.2, 0.25) is 0 Å². The van der Waals surface area contributed by atoms with Crippen molar-refractivity contribution in [3.8, 4) is 5.75 Å². The standard InChI is InChI=1S/C19H15F2NO4/c1-2-26-16-7-6-11(8-14(16)21)9-22-10-12(19(24)25)18(23)17-13(20)4-3-5-15(17)22/h3-8,10H,2,9H2,1H3,(H,24,25). The Bertz CT molecular complexity index is 1060. The molecule has 0 radical (unpaired) electrons. The van der Waals surface area contributed by atoms with Crippen molar-refractivity contribution in [1.82, 2.24) is 4.57 Å². The van der Waals surface area contributed by atoms with Crippen molar-refractivity contribution in [3.05, 3.63) is 75.6 Å². The molecule has 0 saturated heterocycles. The average Bonchev–Trinajstić information content (AvgIpc) is 2.59. The average molecular weight is 359 g/mol. The number of carboxylic acids is 1. The molecule has 0 fully saturated rings. The van der Waals surface area contributed by atoms with E-state index in [1.54, 1.807) is 13.0 Å². The molecule has 0 saturated carbocycles. The van der Waals surface area contributed by atoms with Crippen LogP contribution in [0, 0.1) is 11.6 Å². The van der Waals surface area contributed by atoms with Crippen molar-refractivity contribution in [2.24, 2.45) is 0 Å². The maximum absolute atomic E-state index is 14.1. The number of aromatic carboxylic acids is 1. The van der Waals surface area contributed by atoms with Gasteiger partial charge in [-0.25, -0.2) is 13.6 Å². The van der Waals surface area contributed by atoms with Crippen molar-refractivity contribution in [3.63, 3.8) is 0 Å². The Morgan fingerprint density at radius 3 is 2.62 bits per heavy atom. The minimum absolute atomic E-state index is 0.0594. The molecule has 1 aromatic heterocycles. The normalized spacial score (nSPS) is 10.9. The second kappa shape index (κ2) is 6.95. The van der Waals surface area contributed by atoms with Crippen LogP contribution in [0.15, 0.2) is 47.4 Å². The van der Waals surface area contributed by atoms with E-state index in [1.807, 2.05) is 0 Å². The second-order valence-corrected chi connectivity index (χ2v) is 5.64. The van der Waals surface area contributed by atoms with Crippen LogP contribution in [0.3, 0.4) is 0 Å². The third kappa shape index (κ3) is 3.15. The van der Waals surface area contributed by atoms with E-state index in [0.29, 0.717) is 12.2 Å². The molecule has 3 rings (SSSR count). The summed E-state index contributed by atoms with van der Waals surface area (Å²) in [6.07, 6.45) is 1.14. The number of benzene rings is 2. The Morgan fingerprint density at radius 2 is 1.96 bits per heavy atom. The Hall–Kier alpha value is -3.22. The topological polar surface area (TPSA) is 68.5 Å². The number of halogens is 2. The van der Waals surface area contributed by atoms with Crippen molar-refractivity contribution < 1.29 is 23.4 Å². The summed E-state index contributed by atoms with van der Waals surface area (Å²) in [6.45, 7) is 2.12. The van der Waals surface area contributed by atoms with Gasteiger partial charge in [0, 0.05) is 12.7 Å². The lowest BCUT2D eigenvalue weighted by Crippen LogP contribution is -2.20. The summed E-state index contributed by atoms with van der Waals surface area (Å²) in [5.41, 5.74) is -0.695. The van der Waals surface area contributed by atoms with Gasteiger partial charge < -0.3 is 14.4 Å². The molecule has 0 amide bonds. The number of ether oxygens (including phenoxy) is 1. The third-order valence-corrected chi connectivity index (χ3v) is 3.94. The first-order chi connectivity index (χ1) is 12.4. The van der Waals surface area contributed by atoms with Crippen LogP contribution in [0.5, 0.6) is 5.75 Å². The van der Waals surface area contributed by atoms with Gasteiger partial charge in [0.05, 0.1) is 17.5 Å². The smallest absolute Gasteiger partial charge is 0.341 e. The van der Waals surface area contributed by atoms with E-state index in [1.165, 1.54) is 28.8 Å². The fourth-order valence-corrected chi connectivity index (χ4v) is 2.79. The van der Waals surface area contributed by atoms with E-state index in [4.69, 9.17) is 4.74 Å². The molecule has 0 atom stereocenters. The number of hydrogen-bond donors (Lipinski definition) is 1. The summed E-state index contributed by atoms with van der Waals surface area (Å²) in [4.78, 5) is 23.6. The van der Waals surface area contributed by atoms with Crippen LogP contribution in [-0.2, 0) is 6.54 Å². The van der Waals surface area contributed by atoms with Crippen LogP contribution < -0.4 is 10.2 Å². The van der Waals surface area contributed by atoms with Gasteiger partial charge in [-0.05, 0) is 36.8 Å². The zero-order chi connectivity index (χ0) is 18.8. The Balaban J connectivity index is 2.15. The summed E-state index contributed by atoms with van der Waals surface area (Å²) < 4.78 is 34.7. The number of nitrogens with zero attached hydrogens (tertiary/aromatic N) is 1. The van der Waals surface area contributed by atoms with Gasteiger partial charge in [-0.2, -0.15) is 0 Å². The number of rotatable bonds is 5. The first-order valence-electron chi connectivity index (χ1n) is 7.88. The lowest BCUT2D eigenvalue weighted by Gasteiger charge is -2.13. The number of fused-ring (bicyclic) bond motifs is 1. The lowest BCUT2D eigenvalue weighted by molar-refractivity contribution is 0.0695. The van der Waals surface area contributed by atoms with Crippen LogP contribution in [-0.4, -0.2) is 22.2 Å². The maximum Gasteiger partial charge on any atom is 0.341 e. The summed E-state index contributed by atoms with van der Waals surface area (Å²) in [7, 11) is 0. The number of hydrogen-bond acceptors (Lipinski definition) is 3. The van der Waals surface area contributed by atoms with Gasteiger partial charge in [0.1, 0.15) is 11.4 Å². The first-order valence-corrected chi connectivity index (χ1v) is 7.88. The van der Waals surface area contributed by atoms with Gasteiger partial charge in [-0.3, -0.25) is 4.79 Å². The molecule has 0 aliphatic rings. The predicted molar refractivity (Wildman–Crippen MR) is 91.8 cm³/mol. The minimum atomic E-state index is -1.45. The van der Waals surface area contributed by atoms with Gasteiger partial charge in [0.2, 0.25) is 5.43 Å². The highest BCUT2D eigenvalue weighted by molar-refractivity contribution is 5.92. The molecular weight excluding hydrogens is 344 g/mol. The van der Waals surface area contributed by atoms with Gasteiger partial charge in [0.25, 0.3) is 0 Å². The number of carbonyl (C=O) groups is 1. The molecular formula is C19H15F2NO4. The highest BCUT2D eigenvalue weighted by Gasteiger charge is 2.17. The molecule has 0 unspecified atom stereocenters. The number of pyridine rings is 1. The van der Waals surface area contributed by atoms with E-state index in [0.717, 1.165) is 12.3 Å². The van der Waals surface area contributed by atoms with E-state index in [-0.39, 0.29) is 23.2 Å². The van der Waals surface area contributed by atoms with Crippen LogP contribution in [0.4, 0.5) is 8.78 Å². The summed E-state index contributed by atoms with van der Waals surface area (Å²) in [6, 6.07) is 8.38. The van der Waals surface area contributed by atoms with Crippen molar-refractivity contribution >= 4 is 16.9 Å². The van der Waals surface area contributed by atoms with Crippen molar-refractivity contribution in [2.45, 2.75) is 13.5 Å². The predicted octanol–water partition coefficient (Wildman–Crippen LogP) is 3.42. The zero-order valence-electron chi connectivity index (χ0n) is 13.8. The largest absolute Gasteiger partial charge is 0.491 e. The monoisotopic (exact) mass is 359 g/mol. The Morgan fingerprint density at radius 1 is 1.19 bits per heavy atom. The van der Waals surface area contributed by atoms with E-state index in [9.17, 15) is 23.5 Å². The molecule has 134 valence electrons. The molecule has 1 heterocycles. The highest BCUT2D eigenvalue weighted by Crippen LogP contribution is 2.21. The molecule has 0 aliphatic heterocycles. The molecule has 1 N–H and O–H groups in total. The van der Waals surface area contributed by atoms with E-state index >= 15 is 0 Å². The number of aromatic nitrogens is 1. The number of carboxylic acid groups (broad SMARTS) is 1. The molecule has 2 aromatic carbocycles. The summed E-state index contributed by atoms with van der Waals surface area (Å²) in [5.74, 6) is -2.70. The van der Waals surface area contributed by atoms with Crippen LogP contribution >= 0.6 is 0 Å². The van der Waals surface area contributed by atoms with Gasteiger partial charge in [-0.1, -0.05) is 12.1 Å². The molecule has 0 aliphatic carbocycles.